The van der Waals surface area contributed by atoms with Gasteiger partial charge in [-0.15, -0.1) is 0 Å². The van der Waals surface area contributed by atoms with Crippen molar-refractivity contribution >= 4 is 0 Å². The van der Waals surface area contributed by atoms with Gasteiger partial charge in [-0.05, 0) is 43.2 Å². The molecule has 1 unspecified atom stereocenters. The van der Waals surface area contributed by atoms with E-state index in [1.54, 1.807) is 0 Å². The van der Waals surface area contributed by atoms with E-state index in [1.165, 1.54) is 43.2 Å². The van der Waals surface area contributed by atoms with Crippen molar-refractivity contribution in [2.24, 2.45) is 5.73 Å². The zero-order valence-electron chi connectivity index (χ0n) is 11.7. The predicted molar refractivity (Wildman–Crippen MR) is 78.7 cm³/mol. The maximum absolute atomic E-state index is 6.18. The van der Waals surface area contributed by atoms with Gasteiger partial charge in [-0.3, -0.25) is 0 Å². The Balaban J connectivity index is 1.86. The molecular weight excluding hydrogens is 234 g/mol. The number of nitrogens with two attached hydrogens (primary N) is 1. The van der Waals surface area contributed by atoms with Crippen LogP contribution in [-0.2, 0) is 12.0 Å². The van der Waals surface area contributed by atoms with Gasteiger partial charge in [-0.2, -0.15) is 0 Å². The van der Waals surface area contributed by atoms with Gasteiger partial charge in [0, 0.05) is 19.6 Å². The molecule has 3 nitrogen and oxygen atoms in total. The van der Waals surface area contributed by atoms with Crippen LogP contribution in [0, 0.1) is 0 Å². The third-order valence-electron chi connectivity index (χ3n) is 4.66. The molecule has 3 rings (SSSR count). The molecule has 1 atom stereocenters. The second-order valence-electron chi connectivity index (χ2n) is 5.96. The van der Waals surface area contributed by atoms with Gasteiger partial charge in [0.1, 0.15) is 0 Å². The van der Waals surface area contributed by atoms with Gasteiger partial charge in [0.05, 0.1) is 5.54 Å². The summed E-state index contributed by atoms with van der Waals surface area (Å²) >= 11 is 0. The standard InChI is InChI=1S/C16H25N3/c17-13-16(18-19-11-4-1-5-12-19)10-6-8-14-7-2-3-9-15(14)16/h2-3,7,9,18H,1,4-6,8,10-13,17H2. The third kappa shape index (κ3) is 2.55. The van der Waals surface area contributed by atoms with Crippen LogP contribution in [0.25, 0.3) is 0 Å². The molecule has 1 saturated heterocycles. The minimum Gasteiger partial charge on any atom is -0.328 e. The topological polar surface area (TPSA) is 41.3 Å². The number of piperidine rings is 1. The number of hydrogen-bond acceptors (Lipinski definition) is 3. The molecule has 1 aromatic carbocycles. The normalized spacial score (nSPS) is 28.1. The molecule has 0 amide bonds. The first kappa shape index (κ1) is 13.1. The zero-order chi connectivity index (χ0) is 13.1. The average Bonchev–Trinajstić information content (AvgIpc) is 2.49. The van der Waals surface area contributed by atoms with Crippen molar-refractivity contribution in [2.75, 3.05) is 19.6 Å². The maximum Gasteiger partial charge on any atom is 0.0699 e. The first-order valence-electron chi connectivity index (χ1n) is 7.65. The number of fused-ring (bicyclic) bond motifs is 1. The third-order valence-corrected chi connectivity index (χ3v) is 4.66. The molecule has 1 aliphatic heterocycles. The first-order valence-corrected chi connectivity index (χ1v) is 7.65. The van der Waals surface area contributed by atoms with Gasteiger partial charge < -0.3 is 5.73 Å². The van der Waals surface area contributed by atoms with E-state index in [1.807, 2.05) is 0 Å². The van der Waals surface area contributed by atoms with E-state index in [9.17, 15) is 0 Å². The molecule has 0 radical (unpaired) electrons. The molecule has 104 valence electrons. The largest absolute Gasteiger partial charge is 0.328 e. The number of benzene rings is 1. The highest BCUT2D eigenvalue weighted by atomic mass is 15.5. The molecule has 1 heterocycles. The van der Waals surface area contributed by atoms with Crippen LogP contribution in [0.3, 0.4) is 0 Å². The summed E-state index contributed by atoms with van der Waals surface area (Å²) in [7, 11) is 0. The highest BCUT2D eigenvalue weighted by molar-refractivity contribution is 5.36. The summed E-state index contributed by atoms with van der Waals surface area (Å²) < 4.78 is 0. The van der Waals surface area contributed by atoms with E-state index < -0.39 is 0 Å². The summed E-state index contributed by atoms with van der Waals surface area (Å²) in [5.41, 5.74) is 12.8. The van der Waals surface area contributed by atoms with Crippen LogP contribution in [0.15, 0.2) is 24.3 Å². The van der Waals surface area contributed by atoms with E-state index in [0.29, 0.717) is 6.54 Å². The number of hydrogen-bond donors (Lipinski definition) is 2. The highest BCUT2D eigenvalue weighted by Gasteiger charge is 2.36. The highest BCUT2D eigenvalue weighted by Crippen LogP contribution is 2.35. The summed E-state index contributed by atoms with van der Waals surface area (Å²) in [6, 6.07) is 8.81. The predicted octanol–water partition coefficient (Wildman–Crippen LogP) is 2.17. The summed E-state index contributed by atoms with van der Waals surface area (Å²) in [5.74, 6) is 0. The van der Waals surface area contributed by atoms with Crippen molar-refractivity contribution in [2.45, 2.75) is 44.1 Å². The molecule has 2 aliphatic rings. The van der Waals surface area contributed by atoms with Gasteiger partial charge in [0.15, 0.2) is 0 Å². The molecule has 3 N–H and O–H groups in total. The molecule has 1 aromatic rings. The molecule has 19 heavy (non-hydrogen) atoms. The van der Waals surface area contributed by atoms with Gasteiger partial charge in [-0.25, -0.2) is 10.4 Å². The van der Waals surface area contributed by atoms with Crippen LogP contribution in [0.1, 0.15) is 43.2 Å². The van der Waals surface area contributed by atoms with E-state index >= 15 is 0 Å². The average molecular weight is 259 g/mol. The summed E-state index contributed by atoms with van der Waals surface area (Å²) in [6.45, 7) is 2.99. The van der Waals surface area contributed by atoms with Gasteiger partial charge in [0.2, 0.25) is 0 Å². The van der Waals surface area contributed by atoms with Crippen molar-refractivity contribution in [1.29, 1.82) is 0 Å². The van der Waals surface area contributed by atoms with E-state index in [0.717, 1.165) is 19.5 Å². The van der Waals surface area contributed by atoms with Gasteiger partial charge in [-0.1, -0.05) is 30.7 Å². The van der Waals surface area contributed by atoms with Crippen LogP contribution >= 0.6 is 0 Å². The minimum atomic E-state index is -0.0355. The van der Waals surface area contributed by atoms with Crippen molar-refractivity contribution < 1.29 is 0 Å². The zero-order valence-corrected chi connectivity index (χ0v) is 11.7. The van der Waals surface area contributed by atoms with Crippen molar-refractivity contribution in [3.05, 3.63) is 35.4 Å². The van der Waals surface area contributed by atoms with Crippen LogP contribution in [0.2, 0.25) is 0 Å². The Morgan fingerprint density at radius 3 is 2.68 bits per heavy atom. The fraction of sp³-hybridized carbons (Fsp3) is 0.625. The Kier molecular flexibility index (Phi) is 3.87. The fourth-order valence-corrected chi connectivity index (χ4v) is 3.60. The Bertz CT molecular complexity index is 426. The molecule has 0 spiro atoms. The first-order chi connectivity index (χ1) is 9.34. The molecule has 1 fully saturated rings. The summed E-state index contributed by atoms with van der Waals surface area (Å²) in [4.78, 5) is 0. The van der Waals surface area contributed by atoms with E-state index in [-0.39, 0.29) is 5.54 Å². The van der Waals surface area contributed by atoms with Crippen LogP contribution < -0.4 is 11.2 Å². The summed E-state index contributed by atoms with van der Waals surface area (Å²) in [5, 5.41) is 2.40. The van der Waals surface area contributed by atoms with Crippen LogP contribution in [0.4, 0.5) is 0 Å². The van der Waals surface area contributed by atoms with Crippen molar-refractivity contribution in [3.8, 4) is 0 Å². The number of aryl methyl sites for hydroxylation is 1. The van der Waals surface area contributed by atoms with E-state index in [2.05, 4.69) is 34.7 Å². The quantitative estimate of drug-likeness (QED) is 0.874. The van der Waals surface area contributed by atoms with Crippen LogP contribution in [0.5, 0.6) is 0 Å². The molecule has 3 heteroatoms. The second kappa shape index (κ2) is 5.61. The van der Waals surface area contributed by atoms with Crippen molar-refractivity contribution in [3.63, 3.8) is 0 Å². The Morgan fingerprint density at radius 1 is 1.11 bits per heavy atom. The van der Waals surface area contributed by atoms with E-state index in [4.69, 9.17) is 5.73 Å². The molecular formula is C16H25N3. The lowest BCUT2D eigenvalue weighted by atomic mass is 9.77. The SMILES string of the molecule is NCC1(NN2CCCCC2)CCCc2ccccc21. The molecule has 1 aliphatic carbocycles. The second-order valence-corrected chi connectivity index (χ2v) is 5.96. The van der Waals surface area contributed by atoms with Gasteiger partial charge >= 0.3 is 0 Å². The number of hydrazine groups is 1. The Morgan fingerprint density at radius 2 is 1.89 bits per heavy atom. The Labute approximate surface area is 116 Å². The monoisotopic (exact) mass is 259 g/mol. The number of nitrogens with zero attached hydrogens (tertiary/aromatic N) is 1. The van der Waals surface area contributed by atoms with Crippen molar-refractivity contribution in [1.82, 2.24) is 10.4 Å². The number of nitrogens with one attached hydrogen (secondary N) is 1. The lowest BCUT2D eigenvalue weighted by Gasteiger charge is -2.44. The lowest BCUT2D eigenvalue weighted by molar-refractivity contribution is 0.0719. The summed E-state index contributed by atoms with van der Waals surface area (Å²) in [6.07, 6.45) is 7.54. The molecule has 0 aromatic heterocycles. The minimum absolute atomic E-state index is 0.0355. The maximum atomic E-state index is 6.18. The lowest BCUT2D eigenvalue weighted by Crippen LogP contribution is -2.58. The molecule has 0 saturated carbocycles. The van der Waals surface area contributed by atoms with Crippen LogP contribution in [-0.4, -0.2) is 24.6 Å². The number of rotatable bonds is 3. The Hall–Kier alpha value is -0.900. The van der Waals surface area contributed by atoms with Gasteiger partial charge in [0.25, 0.3) is 0 Å². The smallest absolute Gasteiger partial charge is 0.0699 e. The fourth-order valence-electron chi connectivity index (χ4n) is 3.60. The molecule has 0 bridgehead atoms.